The summed E-state index contributed by atoms with van der Waals surface area (Å²) in [6, 6.07) is 2.30. The first-order valence-corrected chi connectivity index (χ1v) is 13.4. The Hall–Kier alpha value is -1.89. The predicted octanol–water partition coefficient (Wildman–Crippen LogP) is 3.92. The third-order valence-electron chi connectivity index (χ3n) is 7.95. The number of hydrogen-bond acceptors (Lipinski definition) is 7. The number of nitriles is 1. The summed E-state index contributed by atoms with van der Waals surface area (Å²) in [6.07, 6.45) is 8.81. The zero-order valence-corrected chi connectivity index (χ0v) is 19.9. The van der Waals surface area contributed by atoms with Gasteiger partial charge in [0.05, 0.1) is 11.3 Å². The first-order chi connectivity index (χ1) is 15.5. The van der Waals surface area contributed by atoms with Gasteiger partial charge in [0.15, 0.2) is 0 Å². The molecule has 7 rings (SSSR count). The van der Waals surface area contributed by atoms with Crippen LogP contribution in [0.1, 0.15) is 60.4 Å². The van der Waals surface area contributed by atoms with E-state index >= 15 is 0 Å². The number of aromatic amines is 1. The molecule has 168 valence electrons. The van der Waals surface area contributed by atoms with E-state index in [-0.39, 0.29) is 17.1 Å². The Morgan fingerprint density at radius 1 is 1.31 bits per heavy atom. The highest BCUT2D eigenvalue weighted by Crippen LogP contribution is 2.60. The lowest BCUT2D eigenvalue weighted by Gasteiger charge is -2.55. The van der Waals surface area contributed by atoms with Crippen molar-refractivity contribution in [3.63, 3.8) is 0 Å². The molecule has 3 heterocycles. The van der Waals surface area contributed by atoms with Crippen molar-refractivity contribution in [3.05, 3.63) is 21.8 Å². The van der Waals surface area contributed by atoms with Crippen LogP contribution in [0, 0.1) is 29.1 Å². The minimum atomic E-state index is -0.111. The molecule has 0 saturated heterocycles. The van der Waals surface area contributed by atoms with Gasteiger partial charge >= 0.3 is 0 Å². The number of fused-ring (bicyclic) bond motifs is 1. The number of likely N-dealkylation sites (N-methyl/N-ethyl adjacent to an activating group) is 1. The molecule has 1 amide bonds. The topological polar surface area (TPSA) is 97.7 Å². The highest BCUT2D eigenvalue weighted by atomic mass is 32.2. The van der Waals surface area contributed by atoms with Crippen LogP contribution in [0.25, 0.3) is 0 Å². The van der Waals surface area contributed by atoms with Gasteiger partial charge in [0.2, 0.25) is 11.1 Å². The summed E-state index contributed by atoms with van der Waals surface area (Å²) in [6.45, 7) is 1.78. The van der Waals surface area contributed by atoms with Crippen LogP contribution < -0.4 is 5.32 Å². The molecule has 0 spiro atoms. The van der Waals surface area contributed by atoms with Crippen molar-refractivity contribution >= 4 is 34.0 Å². The Kier molecular flexibility index (Phi) is 5.08. The number of thiophene rings is 1. The minimum Gasteiger partial charge on any atom is -0.316 e. The monoisotopic (exact) mass is 468 g/mol. The standard InChI is InChI=1S/C23H28N6OS2/c1-29-3-2-16-17(10-24)20(32-18(16)11-29)25-19(30)12-31-22-26-21(27-28-22)23-7-13-4-14(8-23)6-15(5-13)9-23/h13-15H,2-9,11-12H2,1H3,(H,25,30)(H,26,27,28). The van der Waals surface area contributed by atoms with Gasteiger partial charge in [0.1, 0.15) is 16.9 Å². The van der Waals surface area contributed by atoms with E-state index in [1.54, 1.807) is 0 Å². The van der Waals surface area contributed by atoms with E-state index in [0.717, 1.165) is 48.7 Å². The molecular weight excluding hydrogens is 440 g/mol. The van der Waals surface area contributed by atoms with Crippen LogP contribution in [-0.2, 0) is 23.2 Å². The molecule has 2 aromatic heterocycles. The van der Waals surface area contributed by atoms with Gasteiger partial charge in [-0.3, -0.25) is 9.89 Å². The quantitative estimate of drug-likeness (QED) is 0.646. The van der Waals surface area contributed by atoms with Crippen molar-refractivity contribution in [2.45, 2.75) is 62.1 Å². The Morgan fingerprint density at radius 2 is 2.03 bits per heavy atom. The zero-order chi connectivity index (χ0) is 21.9. The Labute approximate surface area is 196 Å². The van der Waals surface area contributed by atoms with Gasteiger partial charge in [-0.2, -0.15) is 5.26 Å². The SMILES string of the molecule is CN1CCc2c(sc(NC(=O)CSc3n[nH]c(C45CC6CC(CC(C6)C4)C5)n3)c2C#N)C1. The van der Waals surface area contributed by atoms with Gasteiger partial charge in [0, 0.05) is 23.4 Å². The number of amides is 1. The van der Waals surface area contributed by atoms with E-state index in [0.29, 0.717) is 15.7 Å². The molecule has 1 aliphatic heterocycles. The van der Waals surface area contributed by atoms with Crippen molar-refractivity contribution in [2.24, 2.45) is 17.8 Å². The third kappa shape index (κ3) is 3.57. The highest BCUT2D eigenvalue weighted by molar-refractivity contribution is 7.99. The van der Waals surface area contributed by atoms with Crippen molar-refractivity contribution in [1.29, 1.82) is 5.26 Å². The molecule has 32 heavy (non-hydrogen) atoms. The number of rotatable bonds is 5. The first kappa shape index (κ1) is 20.7. The maximum atomic E-state index is 12.6. The highest BCUT2D eigenvalue weighted by Gasteiger charge is 2.53. The molecule has 0 unspecified atom stereocenters. The normalized spacial score (nSPS) is 30.8. The lowest BCUT2D eigenvalue weighted by atomic mass is 9.49. The van der Waals surface area contributed by atoms with E-state index in [2.05, 4.69) is 33.5 Å². The fourth-order valence-electron chi connectivity index (χ4n) is 6.98. The van der Waals surface area contributed by atoms with Crippen LogP contribution in [0.2, 0.25) is 0 Å². The summed E-state index contributed by atoms with van der Waals surface area (Å²) < 4.78 is 0. The molecule has 4 aliphatic carbocycles. The molecule has 2 N–H and O–H groups in total. The van der Waals surface area contributed by atoms with Crippen molar-refractivity contribution in [1.82, 2.24) is 20.1 Å². The summed E-state index contributed by atoms with van der Waals surface area (Å²) in [7, 11) is 2.08. The molecule has 7 nitrogen and oxygen atoms in total. The molecule has 9 heteroatoms. The number of H-pyrrole nitrogens is 1. The summed E-state index contributed by atoms with van der Waals surface area (Å²) in [4.78, 5) is 20.9. The maximum absolute atomic E-state index is 12.6. The van der Waals surface area contributed by atoms with Gasteiger partial charge in [-0.05, 0) is 75.3 Å². The first-order valence-electron chi connectivity index (χ1n) is 11.6. The summed E-state index contributed by atoms with van der Waals surface area (Å²) in [5.41, 5.74) is 1.93. The van der Waals surface area contributed by atoms with Gasteiger partial charge < -0.3 is 10.2 Å². The molecular formula is C23H28N6OS2. The number of anilines is 1. The summed E-state index contributed by atoms with van der Waals surface area (Å²) in [5, 5.41) is 21.6. The molecule has 5 aliphatic rings. The van der Waals surface area contributed by atoms with E-state index < -0.39 is 0 Å². The Balaban J connectivity index is 1.11. The van der Waals surface area contributed by atoms with Crippen LogP contribution in [0.5, 0.6) is 0 Å². The number of thioether (sulfide) groups is 1. The summed E-state index contributed by atoms with van der Waals surface area (Å²) in [5.74, 6) is 3.75. The average Bonchev–Trinajstić information content (AvgIpc) is 3.35. The number of nitrogens with one attached hydrogen (secondary N) is 2. The van der Waals surface area contributed by atoms with Crippen molar-refractivity contribution < 1.29 is 4.79 Å². The third-order valence-corrected chi connectivity index (χ3v) is 9.93. The van der Waals surface area contributed by atoms with Gasteiger partial charge in [-0.25, -0.2) is 4.98 Å². The molecule has 2 aromatic rings. The smallest absolute Gasteiger partial charge is 0.235 e. The lowest BCUT2D eigenvalue weighted by Crippen LogP contribution is -2.49. The summed E-state index contributed by atoms with van der Waals surface area (Å²) >= 11 is 2.90. The second kappa shape index (κ2) is 7.86. The van der Waals surface area contributed by atoms with Crippen LogP contribution in [-0.4, -0.2) is 45.3 Å². The molecule has 0 aromatic carbocycles. The van der Waals surface area contributed by atoms with Crippen LogP contribution >= 0.6 is 23.1 Å². The van der Waals surface area contributed by atoms with Gasteiger partial charge in [-0.15, -0.1) is 16.4 Å². The zero-order valence-electron chi connectivity index (χ0n) is 18.3. The van der Waals surface area contributed by atoms with Gasteiger partial charge in [0.25, 0.3) is 0 Å². The van der Waals surface area contributed by atoms with Gasteiger partial charge in [-0.1, -0.05) is 11.8 Å². The number of hydrogen-bond donors (Lipinski definition) is 2. The van der Waals surface area contributed by atoms with E-state index in [9.17, 15) is 10.1 Å². The number of carbonyl (C=O) groups excluding carboxylic acids is 1. The van der Waals surface area contributed by atoms with E-state index in [1.165, 1.54) is 66.5 Å². The second-order valence-corrected chi connectivity index (χ2v) is 12.4. The second-order valence-electron chi connectivity index (χ2n) is 10.3. The Bertz CT molecular complexity index is 1060. The molecule has 0 atom stereocenters. The minimum absolute atomic E-state index is 0.111. The van der Waals surface area contributed by atoms with Crippen LogP contribution in [0.3, 0.4) is 0 Å². The van der Waals surface area contributed by atoms with E-state index in [1.807, 2.05) is 0 Å². The predicted molar refractivity (Wildman–Crippen MR) is 125 cm³/mol. The fraction of sp³-hybridized carbons (Fsp3) is 0.652. The van der Waals surface area contributed by atoms with Crippen molar-refractivity contribution in [3.8, 4) is 6.07 Å². The fourth-order valence-corrected chi connectivity index (χ4v) is 8.87. The molecule has 4 bridgehead atoms. The number of carbonyl (C=O) groups is 1. The van der Waals surface area contributed by atoms with Crippen molar-refractivity contribution in [2.75, 3.05) is 24.7 Å². The molecule has 4 saturated carbocycles. The van der Waals surface area contributed by atoms with E-state index in [4.69, 9.17) is 4.98 Å². The number of aromatic nitrogens is 3. The largest absolute Gasteiger partial charge is 0.316 e. The van der Waals surface area contributed by atoms with Crippen LogP contribution in [0.15, 0.2) is 5.16 Å². The molecule has 4 fully saturated rings. The maximum Gasteiger partial charge on any atom is 0.235 e. The lowest BCUT2D eigenvalue weighted by molar-refractivity contribution is -0.113. The average molecular weight is 469 g/mol. The molecule has 0 radical (unpaired) electrons. The number of nitrogens with zero attached hydrogens (tertiary/aromatic N) is 4. The van der Waals surface area contributed by atoms with Crippen LogP contribution in [0.4, 0.5) is 5.00 Å². The Morgan fingerprint density at radius 3 is 2.72 bits per heavy atom.